The predicted octanol–water partition coefficient (Wildman–Crippen LogP) is 7.48. The number of carbonyl (C=O) groups is 3. The number of unbranched alkanes of at least 4 members (excludes halogenated alkanes) is 2. The molecule has 3 heterocycles. The molecule has 6 rings (SSSR count). The zero-order valence-electron chi connectivity index (χ0n) is 34.9. The molecule has 0 saturated carbocycles. The molecule has 4 aromatic rings. The van der Waals surface area contributed by atoms with Crippen LogP contribution < -0.4 is 11.1 Å². The number of hydrogen-bond donors (Lipinski definition) is 2. The summed E-state index contributed by atoms with van der Waals surface area (Å²) in [5, 5.41) is 3.45. The molecule has 300 valence electrons. The van der Waals surface area contributed by atoms with Crippen LogP contribution in [0.3, 0.4) is 0 Å². The second-order valence-electron chi connectivity index (χ2n) is 15.9. The van der Waals surface area contributed by atoms with Gasteiger partial charge in [0.15, 0.2) is 0 Å². The van der Waals surface area contributed by atoms with E-state index in [4.69, 9.17) is 4.79 Å². The van der Waals surface area contributed by atoms with E-state index in [1.54, 1.807) is 0 Å². The summed E-state index contributed by atoms with van der Waals surface area (Å²) in [5.41, 5.74) is 18.4. The number of hydrogen-bond acceptors (Lipinski definition) is 5. The Kier molecular flexibility index (Phi) is 14.9. The maximum Gasteiger partial charge on any atom is 0.255 e. The summed E-state index contributed by atoms with van der Waals surface area (Å²) >= 11 is 0. The van der Waals surface area contributed by atoms with Crippen molar-refractivity contribution in [2.75, 3.05) is 39.0 Å². The summed E-state index contributed by atoms with van der Waals surface area (Å²) in [6.45, 7) is 12.6. The quantitative estimate of drug-likeness (QED) is 0.130. The van der Waals surface area contributed by atoms with Gasteiger partial charge in [0.1, 0.15) is 0 Å². The van der Waals surface area contributed by atoms with Crippen molar-refractivity contribution in [1.82, 2.24) is 19.3 Å². The molecule has 0 bridgehead atoms. The van der Waals surface area contributed by atoms with Gasteiger partial charge in [-0.15, -0.1) is 0 Å². The van der Waals surface area contributed by atoms with E-state index >= 15 is 4.79 Å². The summed E-state index contributed by atoms with van der Waals surface area (Å²) in [5.74, 6) is 0.214. The maximum absolute atomic E-state index is 15.0. The Morgan fingerprint density at radius 3 is 2.23 bits per heavy atom. The summed E-state index contributed by atoms with van der Waals surface area (Å²) in [4.78, 5) is 43.6. The van der Waals surface area contributed by atoms with Crippen molar-refractivity contribution in [2.45, 2.75) is 105 Å². The largest absolute Gasteiger partial charge is 0.384 e. The Morgan fingerprint density at radius 1 is 0.911 bits per heavy atom. The number of nitrogens with two attached hydrogens (primary N) is 1. The average Bonchev–Trinajstić information content (AvgIpc) is 3.42. The normalized spacial score (nSPS) is 14.8. The van der Waals surface area contributed by atoms with Crippen LogP contribution in [0, 0.1) is 6.92 Å². The van der Waals surface area contributed by atoms with E-state index in [2.05, 4.69) is 135 Å². The SMILES string of the molecule is CCCCc1c(CCCC)c(-c2cc3c(cc2C(=O)N2Cc4ccccc4C[C@H]2C)CN(C(=O)Cc2ccc(NCCN(C)C)cc2)CC3)n(C)c1C.NC=O. The van der Waals surface area contributed by atoms with Gasteiger partial charge in [-0.3, -0.25) is 14.4 Å². The highest BCUT2D eigenvalue weighted by molar-refractivity contribution is 6.02. The zero-order valence-corrected chi connectivity index (χ0v) is 34.9. The number of rotatable bonds is 14. The number of nitrogens with zero attached hydrogens (tertiary/aromatic N) is 4. The Labute approximate surface area is 335 Å². The second-order valence-corrected chi connectivity index (χ2v) is 15.9. The van der Waals surface area contributed by atoms with Crippen LogP contribution in [-0.4, -0.2) is 77.3 Å². The number of benzene rings is 3. The third-order valence-corrected chi connectivity index (χ3v) is 11.6. The lowest BCUT2D eigenvalue weighted by molar-refractivity contribution is -0.131. The molecule has 3 N–H and O–H groups in total. The van der Waals surface area contributed by atoms with Gasteiger partial charge in [-0.05, 0) is 130 Å². The number of likely N-dealkylation sites (N-methyl/N-ethyl adjacent to an activating group) is 1. The van der Waals surface area contributed by atoms with Gasteiger partial charge in [0.25, 0.3) is 5.91 Å². The summed E-state index contributed by atoms with van der Waals surface area (Å²) in [6.07, 6.45) is 8.89. The summed E-state index contributed by atoms with van der Waals surface area (Å²) in [7, 11) is 6.33. The fourth-order valence-corrected chi connectivity index (χ4v) is 8.34. The van der Waals surface area contributed by atoms with E-state index < -0.39 is 0 Å². The topological polar surface area (TPSA) is 104 Å². The highest BCUT2D eigenvalue weighted by Crippen LogP contribution is 2.39. The molecule has 0 unspecified atom stereocenters. The minimum absolute atomic E-state index is 0.0861. The number of anilines is 1. The van der Waals surface area contributed by atoms with Crippen molar-refractivity contribution >= 4 is 23.9 Å². The summed E-state index contributed by atoms with van der Waals surface area (Å²) in [6, 6.07) is 21.4. The second kappa shape index (κ2) is 19.8. The van der Waals surface area contributed by atoms with Crippen LogP contribution in [0.2, 0.25) is 0 Å². The van der Waals surface area contributed by atoms with Crippen LogP contribution in [0.4, 0.5) is 5.69 Å². The Hall–Kier alpha value is -4.89. The van der Waals surface area contributed by atoms with E-state index in [1.807, 2.05) is 4.90 Å². The van der Waals surface area contributed by atoms with E-state index in [0.29, 0.717) is 26.1 Å². The number of aromatic nitrogens is 1. The van der Waals surface area contributed by atoms with Crippen molar-refractivity contribution in [3.8, 4) is 11.3 Å². The monoisotopic (exact) mass is 761 g/mol. The van der Waals surface area contributed by atoms with Gasteiger partial charge in [0.2, 0.25) is 12.3 Å². The lowest BCUT2D eigenvalue weighted by Gasteiger charge is -2.36. The average molecular weight is 761 g/mol. The number of fused-ring (bicyclic) bond motifs is 2. The Bertz CT molecular complexity index is 1960. The van der Waals surface area contributed by atoms with Crippen LogP contribution in [0.5, 0.6) is 0 Å². The number of carbonyl (C=O) groups excluding carboxylic acids is 3. The zero-order chi connectivity index (χ0) is 40.4. The van der Waals surface area contributed by atoms with Gasteiger partial charge in [0.05, 0.1) is 12.1 Å². The fraction of sp³-hybridized carbons (Fsp3) is 0.468. The van der Waals surface area contributed by atoms with Crippen LogP contribution in [0.1, 0.15) is 101 Å². The first-order chi connectivity index (χ1) is 27.0. The third-order valence-electron chi connectivity index (χ3n) is 11.6. The van der Waals surface area contributed by atoms with Crippen molar-refractivity contribution in [3.05, 3.63) is 111 Å². The molecule has 0 saturated heterocycles. The van der Waals surface area contributed by atoms with Gasteiger partial charge in [-0.25, -0.2) is 0 Å². The lowest BCUT2D eigenvalue weighted by Crippen LogP contribution is -2.43. The molecule has 0 fully saturated rings. The first-order valence-corrected chi connectivity index (χ1v) is 20.6. The molecule has 3 amide bonds. The molecule has 56 heavy (non-hydrogen) atoms. The van der Waals surface area contributed by atoms with Crippen molar-refractivity contribution in [2.24, 2.45) is 12.8 Å². The maximum atomic E-state index is 15.0. The third kappa shape index (κ3) is 9.91. The van der Waals surface area contributed by atoms with Gasteiger partial charge in [-0.1, -0.05) is 63.1 Å². The first-order valence-electron chi connectivity index (χ1n) is 20.6. The van der Waals surface area contributed by atoms with Gasteiger partial charge in [-0.2, -0.15) is 0 Å². The predicted molar refractivity (Wildman–Crippen MR) is 229 cm³/mol. The minimum atomic E-state index is 0.0861. The van der Waals surface area contributed by atoms with Gasteiger partial charge in [0, 0.05) is 68.3 Å². The molecule has 9 heteroatoms. The van der Waals surface area contributed by atoms with Crippen molar-refractivity contribution in [1.29, 1.82) is 0 Å². The molecule has 3 aromatic carbocycles. The van der Waals surface area contributed by atoms with Crippen molar-refractivity contribution < 1.29 is 14.4 Å². The first kappa shape index (κ1) is 42.3. The summed E-state index contributed by atoms with van der Waals surface area (Å²) < 4.78 is 2.37. The number of amides is 3. The van der Waals surface area contributed by atoms with Crippen LogP contribution in [-0.2, 0) is 61.8 Å². The Morgan fingerprint density at radius 2 is 1.57 bits per heavy atom. The highest BCUT2D eigenvalue weighted by Gasteiger charge is 2.33. The fourth-order valence-electron chi connectivity index (χ4n) is 8.34. The van der Waals surface area contributed by atoms with E-state index in [0.717, 1.165) is 92.4 Å². The van der Waals surface area contributed by atoms with E-state index in [-0.39, 0.29) is 24.3 Å². The molecular weight excluding hydrogens is 697 g/mol. The molecular formula is C47H64N6O3. The molecule has 2 aliphatic rings. The van der Waals surface area contributed by atoms with Crippen molar-refractivity contribution in [3.63, 3.8) is 0 Å². The molecule has 0 aliphatic carbocycles. The van der Waals surface area contributed by atoms with Gasteiger partial charge < -0.3 is 30.3 Å². The Balaban J connectivity index is 0.00000194. The van der Waals surface area contributed by atoms with E-state index in [9.17, 15) is 4.79 Å². The van der Waals surface area contributed by atoms with Crippen LogP contribution in [0.25, 0.3) is 11.3 Å². The minimum Gasteiger partial charge on any atom is -0.384 e. The highest BCUT2D eigenvalue weighted by atomic mass is 16.2. The molecule has 0 spiro atoms. The number of nitrogens with one attached hydrogen (secondary N) is 1. The van der Waals surface area contributed by atoms with Crippen LogP contribution in [0.15, 0.2) is 60.7 Å². The molecule has 2 aliphatic heterocycles. The molecule has 9 nitrogen and oxygen atoms in total. The molecule has 1 atom stereocenters. The molecule has 1 aromatic heterocycles. The van der Waals surface area contributed by atoms with E-state index in [1.165, 1.54) is 39.2 Å². The lowest BCUT2D eigenvalue weighted by atomic mass is 9.87. The smallest absolute Gasteiger partial charge is 0.255 e. The van der Waals surface area contributed by atoms with Crippen LogP contribution >= 0.6 is 0 Å². The van der Waals surface area contributed by atoms with Gasteiger partial charge >= 0.3 is 0 Å². The number of primary amides is 1. The molecule has 0 radical (unpaired) electrons. The standard InChI is InChI=1S/C46H61N5O2.CH3NO/c1-8-10-16-40-33(4)49(7)45(41(40)17-11-9-2)42-28-36-22-24-50(44(52)27-34-18-20-39(21-19-34)47-23-25-48(5)6)30-38(36)29-43(42)46(53)51-31-37-15-13-12-14-35(37)26-32(51)3;2-1-3/h12-15,18-21,28-29,32,47H,8-11,16-17,22-27,30-31H2,1-7H3;1H,(H2,2,3)/t32-;/m1./s1.